The maximum Gasteiger partial charge on any atom is 0.317 e. The summed E-state index contributed by atoms with van der Waals surface area (Å²) < 4.78 is 37.4. The van der Waals surface area contributed by atoms with Crippen molar-refractivity contribution in [1.29, 1.82) is 0 Å². The Morgan fingerprint density at radius 1 is 1.25 bits per heavy atom. The molecule has 0 aliphatic carbocycles. The second-order valence-corrected chi connectivity index (χ2v) is 8.77. The van der Waals surface area contributed by atoms with Crippen molar-refractivity contribution < 1.29 is 22.7 Å². The van der Waals surface area contributed by atoms with Gasteiger partial charge < -0.3 is 5.11 Å². The molecule has 8 heteroatoms. The molecule has 0 saturated carbocycles. The minimum absolute atomic E-state index is 0.00382. The molecule has 2 aliphatic rings. The molecule has 1 N–H and O–H groups in total. The number of benzene rings is 1. The number of rotatable bonds is 4. The maximum atomic E-state index is 13.3. The lowest BCUT2D eigenvalue weighted by molar-refractivity contribution is -0.139. The van der Waals surface area contributed by atoms with Gasteiger partial charge in [-0.25, -0.2) is 12.8 Å². The number of halogens is 1. The molecule has 0 spiro atoms. The number of hydrogen-bond acceptors (Lipinski definition) is 5. The number of nitrogens with zero attached hydrogens (tertiary/aromatic N) is 2. The van der Waals surface area contributed by atoms with E-state index < -0.39 is 15.8 Å². The lowest BCUT2D eigenvalue weighted by Gasteiger charge is -2.43. The summed E-state index contributed by atoms with van der Waals surface area (Å²) in [5, 5.41) is 9.04. The first-order valence-corrected chi connectivity index (χ1v) is 9.73. The SMILES string of the molecule is Cc1cc(F)ccc1CN1CCN(CC(=O)O)[C@@H]2CS(=O)(=O)C[C@@H]21. The summed E-state index contributed by atoms with van der Waals surface area (Å²) in [4.78, 5) is 14.9. The summed E-state index contributed by atoms with van der Waals surface area (Å²) in [6.45, 7) is 3.36. The first-order valence-electron chi connectivity index (χ1n) is 7.90. The molecule has 0 amide bonds. The highest BCUT2D eigenvalue weighted by atomic mass is 32.2. The molecule has 0 unspecified atom stereocenters. The number of hydrogen-bond donors (Lipinski definition) is 1. The summed E-state index contributed by atoms with van der Waals surface area (Å²) in [5.74, 6) is -1.18. The van der Waals surface area contributed by atoms with Crippen LogP contribution in [0.2, 0.25) is 0 Å². The predicted molar refractivity (Wildman–Crippen MR) is 87.0 cm³/mol. The molecule has 1 aromatic rings. The van der Waals surface area contributed by atoms with Crippen LogP contribution in [0.15, 0.2) is 18.2 Å². The van der Waals surface area contributed by atoms with Crippen LogP contribution in [0, 0.1) is 12.7 Å². The van der Waals surface area contributed by atoms with Crippen molar-refractivity contribution in [2.75, 3.05) is 31.1 Å². The van der Waals surface area contributed by atoms with E-state index in [-0.39, 0.29) is 36.0 Å². The van der Waals surface area contributed by atoms with E-state index >= 15 is 0 Å². The first-order chi connectivity index (χ1) is 11.2. The van der Waals surface area contributed by atoms with Crippen LogP contribution in [0.1, 0.15) is 11.1 Å². The van der Waals surface area contributed by atoms with Gasteiger partial charge in [0.15, 0.2) is 9.84 Å². The van der Waals surface area contributed by atoms with Crippen molar-refractivity contribution in [3.63, 3.8) is 0 Å². The van der Waals surface area contributed by atoms with Crippen LogP contribution in [0.3, 0.4) is 0 Å². The Hall–Kier alpha value is -1.51. The molecule has 1 aromatic carbocycles. The number of sulfone groups is 1. The van der Waals surface area contributed by atoms with E-state index in [0.29, 0.717) is 19.6 Å². The number of aliphatic carboxylic acids is 1. The molecule has 2 atom stereocenters. The summed E-state index contributed by atoms with van der Waals surface area (Å²) in [5.41, 5.74) is 1.80. The number of carbonyl (C=O) groups is 1. The molecule has 0 aromatic heterocycles. The quantitative estimate of drug-likeness (QED) is 0.847. The zero-order valence-electron chi connectivity index (χ0n) is 13.5. The zero-order valence-corrected chi connectivity index (χ0v) is 14.3. The van der Waals surface area contributed by atoms with Crippen LogP contribution < -0.4 is 0 Å². The largest absolute Gasteiger partial charge is 0.480 e. The first kappa shape index (κ1) is 17.3. The zero-order chi connectivity index (χ0) is 17.5. The summed E-state index contributed by atoms with van der Waals surface area (Å²) in [6, 6.07) is 4.10. The molecular formula is C16H21FN2O4S. The van der Waals surface area contributed by atoms with E-state index in [2.05, 4.69) is 4.90 Å². The van der Waals surface area contributed by atoms with Crippen LogP contribution in [0.5, 0.6) is 0 Å². The highest BCUT2D eigenvalue weighted by Crippen LogP contribution is 2.28. The van der Waals surface area contributed by atoms with Gasteiger partial charge in [0.1, 0.15) is 5.82 Å². The van der Waals surface area contributed by atoms with E-state index in [0.717, 1.165) is 11.1 Å². The van der Waals surface area contributed by atoms with Gasteiger partial charge in [0.25, 0.3) is 0 Å². The third-order valence-corrected chi connectivity index (χ3v) is 6.62. The molecule has 24 heavy (non-hydrogen) atoms. The van der Waals surface area contributed by atoms with Crippen molar-refractivity contribution in [2.45, 2.75) is 25.6 Å². The second-order valence-electron chi connectivity index (χ2n) is 6.62. The molecule has 0 radical (unpaired) electrons. The van der Waals surface area contributed by atoms with E-state index in [1.165, 1.54) is 12.1 Å². The standard InChI is InChI=1S/C16H21FN2O4S/c1-11-6-13(17)3-2-12(11)7-18-4-5-19(8-16(20)21)15-10-24(22,23)9-14(15)18/h2-3,6,14-15H,4-5,7-10H2,1H3,(H,20,21)/t14-,15+/m0/s1. The van der Waals surface area contributed by atoms with Crippen molar-refractivity contribution >= 4 is 15.8 Å². The number of carboxylic acids is 1. The van der Waals surface area contributed by atoms with Gasteiger partial charge in [-0.2, -0.15) is 0 Å². The maximum absolute atomic E-state index is 13.3. The number of piperazine rings is 1. The van der Waals surface area contributed by atoms with Gasteiger partial charge >= 0.3 is 5.97 Å². The van der Waals surface area contributed by atoms with Gasteiger partial charge in [-0.15, -0.1) is 0 Å². The van der Waals surface area contributed by atoms with Crippen LogP contribution in [0.4, 0.5) is 4.39 Å². The van der Waals surface area contributed by atoms with E-state index in [1.807, 2.05) is 6.92 Å². The monoisotopic (exact) mass is 356 g/mol. The van der Waals surface area contributed by atoms with Crippen LogP contribution in [0.25, 0.3) is 0 Å². The van der Waals surface area contributed by atoms with Gasteiger partial charge in [0.2, 0.25) is 0 Å². The van der Waals surface area contributed by atoms with Gasteiger partial charge in [-0.1, -0.05) is 6.07 Å². The van der Waals surface area contributed by atoms with Crippen molar-refractivity contribution in [3.8, 4) is 0 Å². The number of fused-ring (bicyclic) bond motifs is 1. The Morgan fingerprint density at radius 3 is 2.50 bits per heavy atom. The highest BCUT2D eigenvalue weighted by molar-refractivity contribution is 7.91. The minimum Gasteiger partial charge on any atom is -0.480 e. The smallest absolute Gasteiger partial charge is 0.317 e. The van der Waals surface area contributed by atoms with Crippen molar-refractivity contribution in [1.82, 2.24) is 9.80 Å². The third kappa shape index (κ3) is 3.60. The van der Waals surface area contributed by atoms with Gasteiger partial charge in [0, 0.05) is 31.7 Å². The van der Waals surface area contributed by atoms with Gasteiger partial charge in [-0.3, -0.25) is 14.6 Å². The normalized spacial score (nSPS) is 27.1. The van der Waals surface area contributed by atoms with Crippen LogP contribution in [-0.2, 0) is 21.2 Å². The van der Waals surface area contributed by atoms with Crippen molar-refractivity contribution in [2.24, 2.45) is 0 Å². The fourth-order valence-electron chi connectivity index (χ4n) is 3.72. The average Bonchev–Trinajstić information content (AvgIpc) is 2.79. The molecular weight excluding hydrogens is 335 g/mol. The number of carboxylic acid groups (broad SMARTS) is 1. The molecule has 132 valence electrons. The average molecular weight is 356 g/mol. The summed E-state index contributed by atoms with van der Waals surface area (Å²) in [6.07, 6.45) is 0. The Kier molecular flexibility index (Phi) is 4.63. The number of aryl methyl sites for hydroxylation is 1. The minimum atomic E-state index is -3.18. The molecule has 2 heterocycles. The molecule has 2 saturated heterocycles. The topological polar surface area (TPSA) is 77.9 Å². The van der Waals surface area contributed by atoms with E-state index in [9.17, 15) is 17.6 Å². The lowest BCUT2D eigenvalue weighted by Crippen LogP contribution is -2.59. The van der Waals surface area contributed by atoms with Crippen LogP contribution >= 0.6 is 0 Å². The molecule has 0 bridgehead atoms. The second kappa shape index (κ2) is 6.42. The van der Waals surface area contributed by atoms with Crippen molar-refractivity contribution in [3.05, 3.63) is 35.1 Å². The van der Waals surface area contributed by atoms with Gasteiger partial charge in [-0.05, 0) is 30.2 Å². The Labute approximate surface area is 140 Å². The van der Waals surface area contributed by atoms with Gasteiger partial charge in [0.05, 0.1) is 18.1 Å². The fraction of sp³-hybridized carbons (Fsp3) is 0.562. The fourth-order valence-corrected chi connectivity index (χ4v) is 5.76. The van der Waals surface area contributed by atoms with E-state index in [4.69, 9.17) is 5.11 Å². The predicted octanol–water partition coefficient (Wildman–Crippen LogP) is 0.502. The van der Waals surface area contributed by atoms with E-state index in [1.54, 1.807) is 11.0 Å². The molecule has 2 aliphatic heterocycles. The lowest BCUT2D eigenvalue weighted by atomic mass is 10.0. The Balaban J connectivity index is 1.81. The molecule has 2 fully saturated rings. The highest BCUT2D eigenvalue weighted by Gasteiger charge is 2.46. The summed E-state index contributed by atoms with van der Waals surface area (Å²) >= 11 is 0. The Bertz CT molecular complexity index is 752. The van der Waals surface area contributed by atoms with Crippen LogP contribution in [-0.4, -0.2) is 72.5 Å². The summed E-state index contributed by atoms with van der Waals surface area (Å²) in [7, 11) is -3.18. The third-order valence-electron chi connectivity index (χ3n) is 4.92. The molecule has 6 nitrogen and oxygen atoms in total. The molecule has 3 rings (SSSR count). The Morgan fingerprint density at radius 2 is 1.88 bits per heavy atom.